The molecule has 13 heavy (non-hydrogen) atoms. The highest BCUT2D eigenvalue weighted by atomic mass is 16.3. The predicted molar refractivity (Wildman–Crippen MR) is 56.0 cm³/mol. The van der Waals surface area contributed by atoms with E-state index in [1.807, 2.05) is 4.90 Å². The van der Waals surface area contributed by atoms with Gasteiger partial charge < -0.3 is 10.0 Å². The van der Waals surface area contributed by atoms with Gasteiger partial charge in [0.1, 0.15) is 5.84 Å². The molecule has 3 heteroatoms. The number of aliphatic hydroxyl groups excluding tert-OH is 1. The van der Waals surface area contributed by atoms with Crippen LogP contribution in [-0.2, 0) is 0 Å². The summed E-state index contributed by atoms with van der Waals surface area (Å²) in [6.45, 7) is 10.6. The van der Waals surface area contributed by atoms with Gasteiger partial charge in [0.25, 0.3) is 0 Å². The number of hydrogen-bond acceptors (Lipinski definition) is 2. The molecule has 0 spiro atoms. The second-order valence-corrected chi connectivity index (χ2v) is 2.94. The molecular formula is C10H18N2O. The van der Waals surface area contributed by atoms with Crippen molar-refractivity contribution >= 4 is 5.84 Å². The summed E-state index contributed by atoms with van der Waals surface area (Å²) in [6.07, 6.45) is 2.42. The first kappa shape index (κ1) is 11.9. The zero-order chi connectivity index (χ0) is 10.3. The topological polar surface area (TPSA) is 47.3 Å². The van der Waals surface area contributed by atoms with Crippen molar-refractivity contribution in [2.75, 3.05) is 19.7 Å². The smallest absolute Gasteiger partial charge is 0.123 e. The Balaban J connectivity index is 4.14. The average molecular weight is 182 g/mol. The zero-order valence-corrected chi connectivity index (χ0v) is 8.21. The molecule has 0 heterocycles. The summed E-state index contributed by atoms with van der Waals surface area (Å²) < 4.78 is 0. The van der Waals surface area contributed by atoms with E-state index >= 15 is 0 Å². The van der Waals surface area contributed by atoms with E-state index in [9.17, 15) is 0 Å². The van der Waals surface area contributed by atoms with Crippen LogP contribution in [0, 0.1) is 5.41 Å². The SMILES string of the molecule is C=CCN(CCCO)C(=N)C(=C)C. The van der Waals surface area contributed by atoms with Crippen molar-refractivity contribution in [1.82, 2.24) is 4.90 Å². The second-order valence-electron chi connectivity index (χ2n) is 2.94. The monoisotopic (exact) mass is 182 g/mol. The van der Waals surface area contributed by atoms with Crippen molar-refractivity contribution < 1.29 is 5.11 Å². The van der Waals surface area contributed by atoms with E-state index in [0.717, 1.165) is 5.57 Å². The van der Waals surface area contributed by atoms with Crippen LogP contribution in [0.3, 0.4) is 0 Å². The molecule has 0 unspecified atom stereocenters. The van der Waals surface area contributed by atoms with E-state index in [2.05, 4.69) is 13.2 Å². The van der Waals surface area contributed by atoms with Crippen LogP contribution < -0.4 is 0 Å². The van der Waals surface area contributed by atoms with Crippen LogP contribution in [0.4, 0.5) is 0 Å². The molecule has 0 aliphatic rings. The standard InChI is InChI=1S/C10H18N2O/c1-4-6-12(7-5-8-13)10(11)9(2)3/h4,11,13H,1-2,5-8H2,3H3. The van der Waals surface area contributed by atoms with E-state index < -0.39 is 0 Å². The molecule has 0 aliphatic carbocycles. The number of hydrogen-bond donors (Lipinski definition) is 2. The fraction of sp³-hybridized carbons (Fsp3) is 0.500. The van der Waals surface area contributed by atoms with Gasteiger partial charge in [0.15, 0.2) is 0 Å². The summed E-state index contributed by atoms with van der Waals surface area (Å²) in [6, 6.07) is 0. The fourth-order valence-corrected chi connectivity index (χ4v) is 0.982. The van der Waals surface area contributed by atoms with Gasteiger partial charge in [0, 0.05) is 19.7 Å². The molecular weight excluding hydrogens is 164 g/mol. The van der Waals surface area contributed by atoms with E-state index in [-0.39, 0.29) is 6.61 Å². The minimum absolute atomic E-state index is 0.150. The van der Waals surface area contributed by atoms with Gasteiger partial charge in [0.2, 0.25) is 0 Å². The number of aliphatic hydroxyl groups is 1. The molecule has 0 rings (SSSR count). The minimum atomic E-state index is 0.150. The number of rotatable bonds is 6. The highest BCUT2D eigenvalue weighted by Crippen LogP contribution is 2.00. The maximum absolute atomic E-state index is 8.66. The summed E-state index contributed by atoms with van der Waals surface area (Å²) in [7, 11) is 0. The van der Waals surface area contributed by atoms with Gasteiger partial charge in [-0.2, -0.15) is 0 Å². The quantitative estimate of drug-likeness (QED) is 0.370. The van der Waals surface area contributed by atoms with Crippen LogP contribution in [0.5, 0.6) is 0 Å². The zero-order valence-electron chi connectivity index (χ0n) is 8.21. The first-order chi connectivity index (χ1) is 6.13. The first-order valence-electron chi connectivity index (χ1n) is 4.34. The summed E-state index contributed by atoms with van der Waals surface area (Å²) in [5, 5.41) is 16.3. The molecule has 0 aromatic carbocycles. The van der Waals surface area contributed by atoms with Crippen LogP contribution in [0.2, 0.25) is 0 Å². The van der Waals surface area contributed by atoms with Gasteiger partial charge in [-0.05, 0) is 18.9 Å². The summed E-state index contributed by atoms with van der Waals surface area (Å²) in [5.74, 6) is 0.424. The Morgan fingerprint density at radius 1 is 1.62 bits per heavy atom. The van der Waals surface area contributed by atoms with E-state index in [4.69, 9.17) is 10.5 Å². The van der Waals surface area contributed by atoms with Crippen LogP contribution in [0.25, 0.3) is 0 Å². The predicted octanol–water partition coefficient (Wildman–Crippen LogP) is 1.41. The number of nitrogens with zero attached hydrogens (tertiary/aromatic N) is 1. The molecule has 0 saturated heterocycles. The van der Waals surface area contributed by atoms with Crippen molar-refractivity contribution in [3.8, 4) is 0 Å². The Morgan fingerprint density at radius 2 is 2.23 bits per heavy atom. The fourth-order valence-electron chi connectivity index (χ4n) is 0.982. The van der Waals surface area contributed by atoms with Crippen molar-refractivity contribution in [3.05, 3.63) is 24.8 Å². The Kier molecular flexibility index (Phi) is 5.89. The van der Waals surface area contributed by atoms with Gasteiger partial charge in [-0.15, -0.1) is 6.58 Å². The normalized spacial score (nSPS) is 9.38. The van der Waals surface area contributed by atoms with Crippen molar-refractivity contribution in [2.45, 2.75) is 13.3 Å². The Hall–Kier alpha value is -1.09. The van der Waals surface area contributed by atoms with Crippen molar-refractivity contribution in [1.29, 1.82) is 5.41 Å². The van der Waals surface area contributed by atoms with E-state index in [0.29, 0.717) is 25.3 Å². The molecule has 0 aliphatic heterocycles. The Labute approximate surface area is 79.9 Å². The molecule has 74 valence electrons. The molecule has 0 aromatic rings. The third-order valence-corrected chi connectivity index (χ3v) is 1.66. The van der Waals surface area contributed by atoms with Crippen LogP contribution in [-0.4, -0.2) is 35.5 Å². The minimum Gasteiger partial charge on any atom is -0.396 e. The van der Waals surface area contributed by atoms with Crippen LogP contribution >= 0.6 is 0 Å². The van der Waals surface area contributed by atoms with Gasteiger partial charge in [-0.25, -0.2) is 0 Å². The summed E-state index contributed by atoms with van der Waals surface area (Å²) in [4.78, 5) is 1.84. The Morgan fingerprint density at radius 3 is 2.62 bits per heavy atom. The number of amidine groups is 1. The summed E-state index contributed by atoms with van der Waals surface area (Å²) >= 11 is 0. The molecule has 0 radical (unpaired) electrons. The molecule has 0 bridgehead atoms. The van der Waals surface area contributed by atoms with E-state index in [1.165, 1.54) is 0 Å². The lowest BCUT2D eigenvalue weighted by Crippen LogP contribution is -2.32. The highest BCUT2D eigenvalue weighted by Gasteiger charge is 2.07. The van der Waals surface area contributed by atoms with Gasteiger partial charge in [-0.1, -0.05) is 12.7 Å². The third kappa shape index (κ3) is 4.48. The largest absolute Gasteiger partial charge is 0.396 e. The third-order valence-electron chi connectivity index (χ3n) is 1.66. The van der Waals surface area contributed by atoms with Crippen molar-refractivity contribution in [2.24, 2.45) is 0 Å². The molecule has 0 atom stereocenters. The molecule has 3 nitrogen and oxygen atoms in total. The Bertz CT molecular complexity index is 199. The van der Waals surface area contributed by atoms with Crippen LogP contribution in [0.1, 0.15) is 13.3 Å². The maximum atomic E-state index is 8.66. The van der Waals surface area contributed by atoms with E-state index in [1.54, 1.807) is 13.0 Å². The lowest BCUT2D eigenvalue weighted by Gasteiger charge is -2.23. The molecule has 0 saturated carbocycles. The highest BCUT2D eigenvalue weighted by molar-refractivity contribution is 5.94. The molecule has 0 amide bonds. The van der Waals surface area contributed by atoms with Gasteiger partial charge in [-0.3, -0.25) is 5.41 Å². The van der Waals surface area contributed by atoms with Gasteiger partial charge in [0.05, 0.1) is 0 Å². The maximum Gasteiger partial charge on any atom is 0.123 e. The lowest BCUT2D eigenvalue weighted by atomic mass is 10.2. The lowest BCUT2D eigenvalue weighted by molar-refractivity contribution is 0.270. The molecule has 2 N–H and O–H groups in total. The molecule has 0 fully saturated rings. The second kappa shape index (κ2) is 6.43. The van der Waals surface area contributed by atoms with Gasteiger partial charge >= 0.3 is 0 Å². The average Bonchev–Trinajstić information content (AvgIpc) is 2.11. The molecule has 0 aromatic heterocycles. The number of nitrogens with one attached hydrogen (secondary N) is 1. The van der Waals surface area contributed by atoms with Crippen LogP contribution in [0.15, 0.2) is 24.8 Å². The van der Waals surface area contributed by atoms with Crippen molar-refractivity contribution in [3.63, 3.8) is 0 Å². The summed E-state index contributed by atoms with van der Waals surface area (Å²) in [5.41, 5.74) is 0.736. The first-order valence-corrected chi connectivity index (χ1v) is 4.34.